The van der Waals surface area contributed by atoms with Gasteiger partial charge in [-0.05, 0) is 85.6 Å². The molecule has 10 aromatic rings. The molecule has 0 N–H and O–H groups in total. The minimum Gasteiger partial charge on any atom is -0.456 e. The number of nitrogens with zero attached hydrogens (tertiary/aromatic N) is 3. The van der Waals surface area contributed by atoms with Crippen LogP contribution in [0.3, 0.4) is 0 Å². The fourth-order valence-corrected chi connectivity index (χ4v) is 8.47. The predicted octanol–water partition coefficient (Wildman–Crippen LogP) is 13.9. The fraction of sp³-hybridized carbons (Fsp3) is 0.0377. The SMILES string of the molecule is C1=CC(c2nc(-c3ccc4ccccc4c3)nc(-c3cccc4oc5cc(-c6cccc7c(-c8ccccc8)cccc67)ccc5c34)n2)CC(c2ccccc2)=C1. The molecule has 0 spiro atoms. The number of fused-ring (bicyclic) bond motifs is 5. The van der Waals surface area contributed by atoms with Crippen molar-refractivity contribution in [3.8, 4) is 45.0 Å². The van der Waals surface area contributed by atoms with Crippen molar-refractivity contribution in [2.45, 2.75) is 12.3 Å². The molecule has 11 rings (SSSR count). The second-order valence-electron chi connectivity index (χ2n) is 14.7. The average molecular weight is 730 g/mol. The molecule has 1 unspecified atom stereocenters. The van der Waals surface area contributed by atoms with E-state index < -0.39 is 0 Å². The van der Waals surface area contributed by atoms with Crippen molar-refractivity contribution < 1.29 is 4.42 Å². The maximum Gasteiger partial charge on any atom is 0.164 e. The molecule has 0 radical (unpaired) electrons. The van der Waals surface area contributed by atoms with Crippen molar-refractivity contribution in [2.75, 3.05) is 0 Å². The van der Waals surface area contributed by atoms with Gasteiger partial charge in [-0.15, -0.1) is 0 Å². The van der Waals surface area contributed by atoms with Gasteiger partial charge in [0, 0.05) is 27.8 Å². The Morgan fingerprint density at radius 1 is 0.439 bits per heavy atom. The summed E-state index contributed by atoms with van der Waals surface area (Å²) in [6, 6.07) is 61.9. The van der Waals surface area contributed by atoms with Crippen LogP contribution in [-0.2, 0) is 0 Å². The Morgan fingerprint density at radius 3 is 1.91 bits per heavy atom. The third-order valence-electron chi connectivity index (χ3n) is 11.3. The quantitative estimate of drug-likeness (QED) is 0.171. The molecule has 0 saturated heterocycles. The van der Waals surface area contributed by atoms with E-state index in [1.54, 1.807) is 0 Å². The van der Waals surface area contributed by atoms with Crippen LogP contribution < -0.4 is 0 Å². The third kappa shape index (κ3) is 5.90. The molecule has 8 aromatic carbocycles. The number of benzene rings is 8. The Hall–Kier alpha value is -7.43. The normalized spacial score (nSPS) is 14.1. The Kier molecular flexibility index (Phi) is 7.92. The molecular formula is C53H35N3O. The molecule has 4 heteroatoms. The van der Waals surface area contributed by atoms with Crippen molar-refractivity contribution in [3.63, 3.8) is 0 Å². The molecule has 268 valence electrons. The summed E-state index contributed by atoms with van der Waals surface area (Å²) >= 11 is 0. The Bertz CT molecular complexity index is 3210. The summed E-state index contributed by atoms with van der Waals surface area (Å²) in [7, 11) is 0. The number of hydrogen-bond donors (Lipinski definition) is 0. The van der Waals surface area contributed by atoms with Gasteiger partial charge >= 0.3 is 0 Å². The summed E-state index contributed by atoms with van der Waals surface area (Å²) in [6.07, 6.45) is 7.34. The molecule has 2 aromatic heterocycles. The van der Waals surface area contributed by atoms with Gasteiger partial charge < -0.3 is 4.42 Å². The standard InChI is InChI=1S/C53H35N3O/c1-3-13-34(14-4-1)38-19-9-20-40(31-38)51-54-52(41-28-27-35-15-7-8-18-37(35)32-41)56-53(55-51)47-25-12-26-48-50(47)46-30-29-39(33-49(46)57-48)43-22-11-23-44-42(21-10-24-45(43)44)36-16-5-2-6-17-36/h1-30,32-33,40H,31H2. The number of allylic oxidation sites excluding steroid dienone is 4. The van der Waals surface area contributed by atoms with Crippen LogP contribution in [0.2, 0.25) is 0 Å². The van der Waals surface area contributed by atoms with Gasteiger partial charge in [0.2, 0.25) is 0 Å². The molecule has 4 nitrogen and oxygen atoms in total. The molecule has 0 saturated carbocycles. The number of furan rings is 1. The van der Waals surface area contributed by atoms with Crippen molar-refractivity contribution >= 4 is 49.1 Å². The lowest BCUT2D eigenvalue weighted by Gasteiger charge is -2.19. The molecule has 0 fully saturated rings. The Morgan fingerprint density at radius 2 is 1.11 bits per heavy atom. The van der Waals surface area contributed by atoms with Gasteiger partial charge in [0.1, 0.15) is 17.0 Å². The maximum atomic E-state index is 6.66. The van der Waals surface area contributed by atoms with Crippen molar-refractivity contribution in [1.82, 2.24) is 15.0 Å². The molecule has 0 aliphatic heterocycles. The highest BCUT2D eigenvalue weighted by atomic mass is 16.3. The maximum absolute atomic E-state index is 6.66. The molecule has 1 aliphatic rings. The smallest absolute Gasteiger partial charge is 0.164 e. The first-order valence-electron chi connectivity index (χ1n) is 19.4. The third-order valence-corrected chi connectivity index (χ3v) is 11.3. The van der Waals surface area contributed by atoms with E-state index in [0.717, 1.165) is 56.3 Å². The molecule has 1 aliphatic carbocycles. The monoisotopic (exact) mass is 729 g/mol. The van der Waals surface area contributed by atoms with Crippen LogP contribution in [0, 0.1) is 0 Å². The second kappa shape index (κ2) is 13.7. The van der Waals surface area contributed by atoms with Gasteiger partial charge in [-0.1, -0.05) is 170 Å². The average Bonchev–Trinajstić information content (AvgIpc) is 3.67. The van der Waals surface area contributed by atoms with Crippen molar-refractivity contribution in [1.29, 1.82) is 0 Å². The first kappa shape index (κ1) is 33.0. The van der Waals surface area contributed by atoms with Gasteiger partial charge in [0.15, 0.2) is 11.6 Å². The van der Waals surface area contributed by atoms with E-state index in [1.165, 1.54) is 44.0 Å². The lowest BCUT2D eigenvalue weighted by molar-refractivity contribution is 0.669. The highest BCUT2D eigenvalue weighted by Gasteiger charge is 2.23. The summed E-state index contributed by atoms with van der Waals surface area (Å²) in [5, 5.41) is 6.77. The fourth-order valence-electron chi connectivity index (χ4n) is 8.47. The van der Waals surface area contributed by atoms with Gasteiger partial charge in [0.05, 0.1) is 0 Å². The summed E-state index contributed by atoms with van der Waals surface area (Å²) in [5.41, 5.74) is 10.7. The number of aromatic nitrogens is 3. The molecular weight excluding hydrogens is 695 g/mol. The lowest BCUT2D eigenvalue weighted by atomic mass is 9.89. The summed E-state index contributed by atoms with van der Waals surface area (Å²) in [5.74, 6) is 2.02. The highest BCUT2D eigenvalue weighted by Crippen LogP contribution is 2.41. The van der Waals surface area contributed by atoms with Crippen LogP contribution in [0.4, 0.5) is 0 Å². The summed E-state index contributed by atoms with van der Waals surface area (Å²) < 4.78 is 6.66. The van der Waals surface area contributed by atoms with Crippen molar-refractivity contribution in [3.05, 3.63) is 206 Å². The topological polar surface area (TPSA) is 51.8 Å². The highest BCUT2D eigenvalue weighted by molar-refractivity contribution is 6.13. The Balaban J connectivity index is 1.05. The van der Waals surface area contributed by atoms with E-state index in [1.807, 2.05) is 12.1 Å². The van der Waals surface area contributed by atoms with E-state index in [9.17, 15) is 0 Å². The van der Waals surface area contributed by atoms with E-state index in [-0.39, 0.29) is 5.92 Å². The van der Waals surface area contributed by atoms with Crippen molar-refractivity contribution in [2.24, 2.45) is 0 Å². The van der Waals surface area contributed by atoms with Crippen LogP contribution in [0.25, 0.3) is 94.1 Å². The zero-order valence-corrected chi connectivity index (χ0v) is 31.0. The van der Waals surface area contributed by atoms with E-state index in [0.29, 0.717) is 11.6 Å². The van der Waals surface area contributed by atoms with Crippen LogP contribution in [0.15, 0.2) is 199 Å². The van der Waals surface area contributed by atoms with Crippen LogP contribution in [-0.4, -0.2) is 15.0 Å². The number of rotatable bonds is 6. The van der Waals surface area contributed by atoms with Crippen LogP contribution in [0.5, 0.6) is 0 Å². The minimum atomic E-state index is -0.0166. The summed E-state index contributed by atoms with van der Waals surface area (Å²) in [4.78, 5) is 15.7. The van der Waals surface area contributed by atoms with E-state index >= 15 is 0 Å². The van der Waals surface area contributed by atoms with Gasteiger partial charge in [-0.25, -0.2) is 15.0 Å². The zero-order valence-electron chi connectivity index (χ0n) is 31.0. The zero-order chi connectivity index (χ0) is 37.7. The van der Waals surface area contributed by atoms with E-state index in [2.05, 4.69) is 182 Å². The van der Waals surface area contributed by atoms with Gasteiger partial charge in [0.25, 0.3) is 0 Å². The van der Waals surface area contributed by atoms with E-state index in [4.69, 9.17) is 19.4 Å². The van der Waals surface area contributed by atoms with Gasteiger partial charge in [-0.2, -0.15) is 0 Å². The predicted molar refractivity (Wildman–Crippen MR) is 235 cm³/mol. The first-order chi connectivity index (χ1) is 28.2. The number of hydrogen-bond acceptors (Lipinski definition) is 4. The largest absolute Gasteiger partial charge is 0.456 e. The molecule has 0 amide bonds. The van der Waals surface area contributed by atoms with Crippen LogP contribution in [0.1, 0.15) is 23.7 Å². The molecule has 0 bridgehead atoms. The van der Waals surface area contributed by atoms with Gasteiger partial charge in [-0.3, -0.25) is 0 Å². The first-order valence-corrected chi connectivity index (χ1v) is 19.4. The molecule has 57 heavy (non-hydrogen) atoms. The summed E-state index contributed by atoms with van der Waals surface area (Å²) in [6.45, 7) is 0. The molecule has 1 atom stereocenters. The molecule has 2 heterocycles. The minimum absolute atomic E-state index is 0.0166. The van der Waals surface area contributed by atoms with Crippen LogP contribution >= 0.6 is 0 Å². The lowest BCUT2D eigenvalue weighted by Crippen LogP contribution is -2.09. The Labute approximate surface area is 330 Å². The second-order valence-corrected chi connectivity index (χ2v) is 14.7.